The van der Waals surface area contributed by atoms with E-state index in [-0.39, 0.29) is 0 Å². The Hall–Kier alpha value is -3.47. The average Bonchev–Trinajstić information content (AvgIpc) is 3.18. The second-order valence-electron chi connectivity index (χ2n) is 7.26. The lowest BCUT2D eigenvalue weighted by Gasteiger charge is -2.08. The molecule has 0 atom stereocenters. The predicted octanol–water partition coefficient (Wildman–Crippen LogP) is 5.14. The minimum atomic E-state index is 0.516. The van der Waals surface area contributed by atoms with Gasteiger partial charge in [0.1, 0.15) is 17.8 Å². The fourth-order valence-corrected chi connectivity index (χ4v) is 3.42. The third kappa shape index (κ3) is 7.01. The van der Waals surface area contributed by atoms with Crippen LogP contribution >= 0.6 is 0 Å². The standard InChI is InChI=1S/C22H23N5.C3H10N2.C2H6/c1-5-11-27-18(12-16(6-2)13-23)19(17-9-7-15(3)8-10-17)20-21(24-4)25-14-26-22(20)27;1-5-3-2-4;1-2/h6-10,12,14H,2,5,11H2,1,3-4H3,(H,24,25,26);5H,2-4H2,1H3;1-2H3/b16-12-;;. The minimum Gasteiger partial charge on any atom is -0.372 e. The number of nitrogens with zero attached hydrogens (tertiary/aromatic N) is 4. The fraction of sp³-hybridized carbons (Fsp3) is 0.370. The maximum Gasteiger partial charge on any atom is 0.146 e. The van der Waals surface area contributed by atoms with Gasteiger partial charge in [0.05, 0.1) is 22.7 Å². The Morgan fingerprint density at radius 3 is 2.35 bits per heavy atom. The molecular weight excluding hydrogens is 422 g/mol. The van der Waals surface area contributed by atoms with Gasteiger partial charge in [-0.2, -0.15) is 5.26 Å². The molecule has 2 heterocycles. The van der Waals surface area contributed by atoms with E-state index in [1.165, 1.54) is 5.56 Å². The van der Waals surface area contributed by atoms with Gasteiger partial charge in [0.25, 0.3) is 0 Å². The monoisotopic (exact) mass is 461 g/mol. The van der Waals surface area contributed by atoms with Gasteiger partial charge in [0.2, 0.25) is 0 Å². The first-order valence-corrected chi connectivity index (χ1v) is 11.8. The van der Waals surface area contributed by atoms with E-state index in [0.717, 1.165) is 59.7 Å². The van der Waals surface area contributed by atoms with Crippen LogP contribution in [0.25, 0.3) is 28.2 Å². The molecule has 0 saturated heterocycles. The van der Waals surface area contributed by atoms with Crippen molar-refractivity contribution in [1.29, 1.82) is 5.26 Å². The van der Waals surface area contributed by atoms with Crippen molar-refractivity contribution < 1.29 is 0 Å². The molecule has 0 spiro atoms. The first kappa shape index (κ1) is 28.6. The summed E-state index contributed by atoms with van der Waals surface area (Å²) in [7, 11) is 3.74. The highest BCUT2D eigenvalue weighted by Crippen LogP contribution is 2.38. The lowest BCUT2D eigenvalue weighted by atomic mass is 10.0. The highest BCUT2D eigenvalue weighted by Gasteiger charge is 2.21. The number of hydrogen-bond acceptors (Lipinski definition) is 6. The lowest BCUT2D eigenvalue weighted by molar-refractivity contribution is 0.692. The second kappa shape index (κ2) is 15.4. The molecule has 0 bridgehead atoms. The van der Waals surface area contributed by atoms with Crippen molar-refractivity contribution >= 4 is 22.9 Å². The van der Waals surface area contributed by atoms with E-state index in [0.29, 0.717) is 5.57 Å². The van der Waals surface area contributed by atoms with E-state index < -0.39 is 0 Å². The summed E-state index contributed by atoms with van der Waals surface area (Å²) in [6.07, 6.45) is 5.99. The Morgan fingerprint density at radius 1 is 1.21 bits per heavy atom. The van der Waals surface area contributed by atoms with Crippen LogP contribution in [-0.4, -0.2) is 41.7 Å². The summed E-state index contributed by atoms with van der Waals surface area (Å²) in [5.41, 5.74) is 10.7. The third-order valence-electron chi connectivity index (χ3n) is 4.94. The number of benzene rings is 1. The maximum atomic E-state index is 9.44. The minimum absolute atomic E-state index is 0.516. The van der Waals surface area contributed by atoms with E-state index >= 15 is 0 Å². The molecule has 4 N–H and O–H groups in total. The summed E-state index contributed by atoms with van der Waals surface area (Å²) >= 11 is 0. The first-order valence-electron chi connectivity index (χ1n) is 11.8. The number of likely N-dealkylation sites (N-methyl/N-ethyl adjacent to an activating group) is 1. The zero-order valence-corrected chi connectivity index (χ0v) is 21.4. The quantitative estimate of drug-likeness (QED) is 0.317. The predicted molar refractivity (Wildman–Crippen MR) is 146 cm³/mol. The molecule has 0 aliphatic heterocycles. The number of anilines is 1. The summed E-state index contributed by atoms with van der Waals surface area (Å²) in [6, 6.07) is 10.6. The SMILES string of the molecule is C=C/C(C#N)=C/c1c(-c2ccc(C)cc2)c2c(NC)ncnc2n1CCC.CC.CNCCN. The number of nitriles is 1. The summed E-state index contributed by atoms with van der Waals surface area (Å²) < 4.78 is 2.16. The molecule has 182 valence electrons. The Kier molecular flexibility index (Phi) is 12.9. The van der Waals surface area contributed by atoms with Gasteiger partial charge in [-0.3, -0.25) is 0 Å². The van der Waals surface area contributed by atoms with Gasteiger partial charge in [-0.1, -0.05) is 63.3 Å². The molecule has 3 rings (SSSR count). The number of nitrogens with two attached hydrogens (primary N) is 1. The second-order valence-corrected chi connectivity index (χ2v) is 7.26. The maximum absolute atomic E-state index is 9.44. The molecule has 7 heteroatoms. The largest absolute Gasteiger partial charge is 0.372 e. The molecular formula is C27H39N7. The molecule has 2 aromatic heterocycles. The Labute approximate surface area is 204 Å². The number of fused-ring (bicyclic) bond motifs is 1. The third-order valence-corrected chi connectivity index (χ3v) is 4.94. The van der Waals surface area contributed by atoms with Crippen molar-refractivity contribution in [2.45, 2.75) is 40.7 Å². The van der Waals surface area contributed by atoms with E-state index in [9.17, 15) is 5.26 Å². The molecule has 0 saturated carbocycles. The molecule has 0 amide bonds. The molecule has 0 radical (unpaired) electrons. The Balaban J connectivity index is 0.000000733. The van der Waals surface area contributed by atoms with Gasteiger partial charge in [0, 0.05) is 32.2 Å². The molecule has 7 nitrogen and oxygen atoms in total. The van der Waals surface area contributed by atoms with Gasteiger partial charge < -0.3 is 20.9 Å². The summed E-state index contributed by atoms with van der Waals surface area (Å²) in [6.45, 7) is 14.4. The normalized spacial score (nSPS) is 10.5. The number of allylic oxidation sites excluding steroid dienone is 2. The van der Waals surface area contributed by atoms with Crippen LogP contribution in [0.15, 0.2) is 48.8 Å². The number of aromatic nitrogens is 3. The van der Waals surface area contributed by atoms with Crippen LogP contribution in [0.2, 0.25) is 0 Å². The number of hydrogen-bond donors (Lipinski definition) is 3. The zero-order valence-electron chi connectivity index (χ0n) is 21.4. The Bertz CT molecular complexity index is 1100. The highest BCUT2D eigenvalue weighted by atomic mass is 15.1. The van der Waals surface area contributed by atoms with E-state index in [2.05, 4.69) is 75.9 Å². The molecule has 34 heavy (non-hydrogen) atoms. The van der Waals surface area contributed by atoms with Crippen LogP contribution in [-0.2, 0) is 6.54 Å². The van der Waals surface area contributed by atoms with Crippen molar-refractivity contribution in [3.8, 4) is 17.2 Å². The smallest absolute Gasteiger partial charge is 0.146 e. The van der Waals surface area contributed by atoms with Gasteiger partial charge in [-0.15, -0.1) is 0 Å². The van der Waals surface area contributed by atoms with Gasteiger partial charge >= 0.3 is 0 Å². The number of nitrogens with one attached hydrogen (secondary N) is 2. The molecule has 0 aliphatic carbocycles. The van der Waals surface area contributed by atoms with Gasteiger partial charge in [0.15, 0.2) is 0 Å². The van der Waals surface area contributed by atoms with Crippen LogP contribution in [0, 0.1) is 18.3 Å². The lowest BCUT2D eigenvalue weighted by Crippen LogP contribution is -2.17. The summed E-state index contributed by atoms with van der Waals surface area (Å²) in [5.74, 6) is 0.775. The van der Waals surface area contributed by atoms with Crippen molar-refractivity contribution in [2.24, 2.45) is 5.73 Å². The van der Waals surface area contributed by atoms with Gasteiger partial charge in [-0.25, -0.2) is 9.97 Å². The Morgan fingerprint density at radius 2 is 1.88 bits per heavy atom. The summed E-state index contributed by atoms with van der Waals surface area (Å²) in [5, 5.41) is 16.5. The average molecular weight is 462 g/mol. The summed E-state index contributed by atoms with van der Waals surface area (Å²) in [4.78, 5) is 8.99. The van der Waals surface area contributed by atoms with Crippen LogP contribution in [0.4, 0.5) is 5.82 Å². The van der Waals surface area contributed by atoms with E-state index in [4.69, 9.17) is 5.73 Å². The van der Waals surface area contributed by atoms with Crippen LogP contribution in [0.3, 0.4) is 0 Å². The first-order chi connectivity index (χ1) is 16.6. The van der Waals surface area contributed by atoms with Gasteiger partial charge in [-0.05, 0) is 32.0 Å². The van der Waals surface area contributed by atoms with Crippen molar-refractivity contribution in [1.82, 2.24) is 19.9 Å². The zero-order chi connectivity index (χ0) is 25.5. The molecule has 0 fully saturated rings. The van der Waals surface area contributed by atoms with Crippen LogP contribution in [0.1, 0.15) is 38.4 Å². The van der Waals surface area contributed by atoms with E-state index in [1.807, 2.05) is 34.0 Å². The van der Waals surface area contributed by atoms with E-state index in [1.54, 1.807) is 12.4 Å². The highest BCUT2D eigenvalue weighted by molar-refractivity contribution is 6.05. The molecule has 0 aliphatic rings. The van der Waals surface area contributed by atoms with Crippen LogP contribution in [0.5, 0.6) is 0 Å². The number of rotatable bonds is 8. The molecule has 3 aromatic rings. The van der Waals surface area contributed by atoms with Crippen molar-refractivity contribution in [3.63, 3.8) is 0 Å². The number of aryl methyl sites for hydroxylation is 2. The van der Waals surface area contributed by atoms with Crippen molar-refractivity contribution in [3.05, 3.63) is 60.1 Å². The molecule has 0 unspecified atom stereocenters. The van der Waals surface area contributed by atoms with Crippen molar-refractivity contribution in [2.75, 3.05) is 32.5 Å². The topological polar surface area (TPSA) is 105 Å². The molecule has 1 aromatic carbocycles. The fourth-order valence-electron chi connectivity index (χ4n) is 3.42. The van der Waals surface area contributed by atoms with Crippen LogP contribution < -0.4 is 16.4 Å².